The highest BCUT2D eigenvalue weighted by atomic mass is 16.5. The van der Waals surface area contributed by atoms with Gasteiger partial charge in [-0.3, -0.25) is 9.69 Å². The molecule has 2 atom stereocenters. The zero-order chi connectivity index (χ0) is 18.3. The SMILES string of the molecule is COc1ccc(NC2CCC(N3C(=O)C(C)(C)c4cccnc43)C2)nc1. The molecular formula is C20H24N4O2. The Morgan fingerprint density at radius 1 is 1.23 bits per heavy atom. The minimum Gasteiger partial charge on any atom is -0.495 e. The van der Waals surface area contributed by atoms with Crippen LogP contribution in [0.4, 0.5) is 11.6 Å². The Kier molecular flexibility index (Phi) is 4.05. The second-order valence-corrected chi connectivity index (χ2v) is 7.57. The van der Waals surface area contributed by atoms with Crippen molar-refractivity contribution in [1.29, 1.82) is 0 Å². The number of carbonyl (C=O) groups excluding carboxylic acids is 1. The Morgan fingerprint density at radius 2 is 2.08 bits per heavy atom. The van der Waals surface area contributed by atoms with Gasteiger partial charge in [0.05, 0.1) is 18.7 Å². The molecule has 136 valence electrons. The molecule has 0 radical (unpaired) electrons. The molecule has 2 aromatic rings. The summed E-state index contributed by atoms with van der Waals surface area (Å²) in [5.41, 5.74) is 0.519. The zero-order valence-electron chi connectivity index (χ0n) is 15.4. The molecule has 1 amide bonds. The summed E-state index contributed by atoms with van der Waals surface area (Å²) in [6.45, 7) is 3.98. The van der Waals surface area contributed by atoms with Crippen LogP contribution in [-0.4, -0.2) is 35.1 Å². The molecule has 1 N–H and O–H groups in total. The summed E-state index contributed by atoms with van der Waals surface area (Å²) in [7, 11) is 1.63. The van der Waals surface area contributed by atoms with Crippen LogP contribution >= 0.6 is 0 Å². The lowest BCUT2D eigenvalue weighted by atomic mass is 9.87. The van der Waals surface area contributed by atoms with Crippen LogP contribution in [0.2, 0.25) is 0 Å². The van der Waals surface area contributed by atoms with Crippen LogP contribution in [0.1, 0.15) is 38.7 Å². The van der Waals surface area contributed by atoms with Gasteiger partial charge < -0.3 is 10.1 Å². The van der Waals surface area contributed by atoms with E-state index >= 15 is 0 Å². The fourth-order valence-corrected chi connectivity index (χ4v) is 4.05. The quantitative estimate of drug-likeness (QED) is 0.916. The Morgan fingerprint density at radius 3 is 2.81 bits per heavy atom. The molecule has 0 aromatic carbocycles. The third kappa shape index (κ3) is 2.69. The van der Waals surface area contributed by atoms with Crippen molar-refractivity contribution >= 4 is 17.5 Å². The molecule has 6 heteroatoms. The lowest BCUT2D eigenvalue weighted by Crippen LogP contribution is -2.42. The zero-order valence-corrected chi connectivity index (χ0v) is 15.4. The van der Waals surface area contributed by atoms with Crippen LogP contribution in [0.5, 0.6) is 5.75 Å². The van der Waals surface area contributed by atoms with Crippen LogP contribution in [0.15, 0.2) is 36.7 Å². The number of nitrogens with one attached hydrogen (secondary N) is 1. The Hall–Kier alpha value is -2.63. The summed E-state index contributed by atoms with van der Waals surface area (Å²) in [5.74, 6) is 2.56. The molecule has 1 aliphatic carbocycles. The average Bonchev–Trinajstić information content (AvgIpc) is 3.17. The first kappa shape index (κ1) is 16.8. The van der Waals surface area contributed by atoms with Gasteiger partial charge in [-0.15, -0.1) is 0 Å². The highest BCUT2D eigenvalue weighted by Crippen LogP contribution is 2.43. The van der Waals surface area contributed by atoms with E-state index in [1.54, 1.807) is 19.5 Å². The molecule has 4 rings (SSSR count). The Balaban J connectivity index is 1.49. The third-order valence-electron chi connectivity index (χ3n) is 5.54. The normalized spacial score (nSPS) is 23.8. The maximum absolute atomic E-state index is 13.0. The number of rotatable bonds is 4. The van der Waals surface area contributed by atoms with Crippen molar-refractivity contribution in [3.63, 3.8) is 0 Å². The molecule has 0 saturated heterocycles. The van der Waals surface area contributed by atoms with Crippen LogP contribution in [-0.2, 0) is 10.2 Å². The largest absolute Gasteiger partial charge is 0.495 e. The van der Waals surface area contributed by atoms with Gasteiger partial charge in [0, 0.05) is 23.8 Å². The molecule has 3 heterocycles. The second-order valence-electron chi connectivity index (χ2n) is 7.57. The van der Waals surface area contributed by atoms with Crippen molar-refractivity contribution in [2.75, 3.05) is 17.3 Å². The molecule has 1 saturated carbocycles. The summed E-state index contributed by atoms with van der Waals surface area (Å²) in [6, 6.07) is 8.22. The van der Waals surface area contributed by atoms with E-state index in [4.69, 9.17) is 4.74 Å². The van der Waals surface area contributed by atoms with Crippen molar-refractivity contribution in [3.05, 3.63) is 42.2 Å². The highest BCUT2D eigenvalue weighted by Gasteiger charge is 2.48. The number of hydrogen-bond donors (Lipinski definition) is 1. The van der Waals surface area contributed by atoms with E-state index in [0.717, 1.165) is 42.2 Å². The van der Waals surface area contributed by atoms with E-state index in [1.807, 2.05) is 43.0 Å². The van der Waals surface area contributed by atoms with Crippen molar-refractivity contribution in [3.8, 4) is 5.75 Å². The maximum atomic E-state index is 13.0. The topological polar surface area (TPSA) is 67.3 Å². The first-order valence-corrected chi connectivity index (χ1v) is 9.06. The van der Waals surface area contributed by atoms with Gasteiger partial charge in [-0.25, -0.2) is 9.97 Å². The maximum Gasteiger partial charge on any atom is 0.238 e. The fourth-order valence-electron chi connectivity index (χ4n) is 4.05. The van der Waals surface area contributed by atoms with Gasteiger partial charge in [-0.05, 0) is 51.3 Å². The summed E-state index contributed by atoms with van der Waals surface area (Å²) in [6.07, 6.45) is 6.34. The standard InChI is InChI=1S/C20H24N4O2/c1-20(2)16-5-4-10-21-18(16)24(19(20)25)14-7-6-13(11-14)23-17-9-8-15(26-3)12-22-17/h4-5,8-10,12-14H,6-7,11H2,1-3H3,(H,22,23). The van der Waals surface area contributed by atoms with E-state index in [9.17, 15) is 4.79 Å². The molecule has 0 bridgehead atoms. The smallest absolute Gasteiger partial charge is 0.238 e. The van der Waals surface area contributed by atoms with Crippen molar-refractivity contribution in [2.24, 2.45) is 0 Å². The number of methoxy groups -OCH3 is 1. The van der Waals surface area contributed by atoms with Gasteiger partial charge >= 0.3 is 0 Å². The molecular weight excluding hydrogens is 328 g/mol. The van der Waals surface area contributed by atoms with Crippen molar-refractivity contribution in [1.82, 2.24) is 9.97 Å². The average molecular weight is 352 g/mol. The Bertz CT molecular complexity index is 819. The molecule has 2 aliphatic rings. The monoisotopic (exact) mass is 352 g/mol. The number of anilines is 2. The Labute approximate surface area is 153 Å². The first-order chi connectivity index (χ1) is 12.5. The second kappa shape index (κ2) is 6.27. The minimum atomic E-state index is -0.507. The summed E-state index contributed by atoms with van der Waals surface area (Å²) >= 11 is 0. The lowest BCUT2D eigenvalue weighted by molar-refractivity contribution is -0.122. The molecule has 0 spiro atoms. The summed E-state index contributed by atoms with van der Waals surface area (Å²) in [4.78, 5) is 23.9. The molecule has 26 heavy (non-hydrogen) atoms. The number of fused-ring (bicyclic) bond motifs is 1. The van der Waals surface area contributed by atoms with Crippen LogP contribution in [0.25, 0.3) is 0 Å². The van der Waals surface area contributed by atoms with Gasteiger partial charge in [-0.1, -0.05) is 6.07 Å². The van der Waals surface area contributed by atoms with Gasteiger partial charge in [-0.2, -0.15) is 0 Å². The molecule has 2 aromatic heterocycles. The molecule has 6 nitrogen and oxygen atoms in total. The molecule has 2 unspecified atom stereocenters. The lowest BCUT2D eigenvalue weighted by Gasteiger charge is -2.26. The predicted molar refractivity (Wildman–Crippen MR) is 101 cm³/mol. The number of nitrogens with zero attached hydrogens (tertiary/aromatic N) is 3. The van der Waals surface area contributed by atoms with E-state index < -0.39 is 5.41 Å². The predicted octanol–water partition coefficient (Wildman–Crippen LogP) is 3.14. The molecule has 1 aliphatic heterocycles. The highest BCUT2D eigenvalue weighted by molar-refractivity contribution is 6.07. The van der Waals surface area contributed by atoms with Gasteiger partial charge in [0.25, 0.3) is 0 Å². The van der Waals surface area contributed by atoms with E-state index in [-0.39, 0.29) is 11.9 Å². The third-order valence-corrected chi connectivity index (χ3v) is 5.54. The van der Waals surface area contributed by atoms with E-state index in [2.05, 4.69) is 15.3 Å². The number of ether oxygens (including phenoxy) is 1. The summed E-state index contributed by atoms with van der Waals surface area (Å²) < 4.78 is 5.15. The number of amides is 1. The van der Waals surface area contributed by atoms with E-state index in [1.165, 1.54) is 0 Å². The van der Waals surface area contributed by atoms with Gasteiger partial charge in [0.2, 0.25) is 5.91 Å². The number of hydrogen-bond acceptors (Lipinski definition) is 5. The van der Waals surface area contributed by atoms with Crippen LogP contribution in [0.3, 0.4) is 0 Å². The number of pyridine rings is 2. The molecule has 1 fully saturated rings. The van der Waals surface area contributed by atoms with E-state index in [0.29, 0.717) is 6.04 Å². The number of carbonyl (C=O) groups is 1. The van der Waals surface area contributed by atoms with Crippen LogP contribution in [0, 0.1) is 0 Å². The minimum absolute atomic E-state index is 0.152. The summed E-state index contributed by atoms with van der Waals surface area (Å²) in [5, 5.41) is 3.48. The fraction of sp³-hybridized carbons (Fsp3) is 0.450. The first-order valence-electron chi connectivity index (χ1n) is 9.06. The van der Waals surface area contributed by atoms with Gasteiger partial charge in [0.1, 0.15) is 17.4 Å². The number of aromatic nitrogens is 2. The van der Waals surface area contributed by atoms with Crippen molar-refractivity contribution < 1.29 is 9.53 Å². The van der Waals surface area contributed by atoms with Gasteiger partial charge in [0.15, 0.2) is 0 Å². The van der Waals surface area contributed by atoms with Crippen molar-refractivity contribution in [2.45, 2.75) is 50.6 Å². The van der Waals surface area contributed by atoms with Crippen LogP contribution < -0.4 is 15.0 Å².